The summed E-state index contributed by atoms with van der Waals surface area (Å²) in [7, 11) is 0. The van der Waals surface area contributed by atoms with Gasteiger partial charge in [-0.3, -0.25) is 25.2 Å². The lowest BCUT2D eigenvalue weighted by atomic mass is 10.1. The van der Waals surface area contributed by atoms with Crippen LogP contribution in [-0.2, 0) is 20.9 Å². The maximum atomic E-state index is 12.6. The van der Waals surface area contributed by atoms with Crippen LogP contribution >= 0.6 is 0 Å². The van der Waals surface area contributed by atoms with E-state index in [0.29, 0.717) is 11.1 Å². The molecule has 0 aliphatic carbocycles. The SMILES string of the molecule is N=C(N)c1ccc(CNC(=O)C[C@H]2OCCN(NC(=O)c3ccccc3)C2=O)cc1. The molecule has 30 heavy (non-hydrogen) atoms. The van der Waals surface area contributed by atoms with Crippen molar-refractivity contribution in [1.82, 2.24) is 15.8 Å². The van der Waals surface area contributed by atoms with Crippen LogP contribution in [0.25, 0.3) is 0 Å². The van der Waals surface area contributed by atoms with Gasteiger partial charge < -0.3 is 15.8 Å². The first-order valence-corrected chi connectivity index (χ1v) is 9.43. The van der Waals surface area contributed by atoms with Crippen LogP contribution in [0.2, 0.25) is 0 Å². The Kier molecular flexibility index (Phi) is 6.76. The number of carbonyl (C=O) groups is 3. The number of hydrogen-bond donors (Lipinski definition) is 4. The fourth-order valence-electron chi connectivity index (χ4n) is 2.92. The summed E-state index contributed by atoms with van der Waals surface area (Å²) in [6.07, 6.45) is -1.11. The van der Waals surface area contributed by atoms with Crippen LogP contribution in [-0.4, -0.2) is 47.8 Å². The van der Waals surface area contributed by atoms with E-state index in [0.717, 1.165) is 5.56 Å². The molecule has 0 radical (unpaired) electrons. The molecule has 1 saturated heterocycles. The van der Waals surface area contributed by atoms with Crippen LogP contribution in [0.3, 0.4) is 0 Å². The maximum absolute atomic E-state index is 12.6. The van der Waals surface area contributed by atoms with Gasteiger partial charge in [0.1, 0.15) is 11.9 Å². The van der Waals surface area contributed by atoms with Gasteiger partial charge in [-0.25, -0.2) is 5.01 Å². The lowest BCUT2D eigenvalue weighted by Gasteiger charge is -2.32. The lowest BCUT2D eigenvalue weighted by Crippen LogP contribution is -2.56. The normalized spacial score (nSPS) is 16.1. The fraction of sp³-hybridized carbons (Fsp3) is 0.238. The molecular formula is C21H23N5O4. The van der Waals surface area contributed by atoms with Gasteiger partial charge in [-0.15, -0.1) is 0 Å². The number of carbonyl (C=O) groups excluding carboxylic acids is 3. The molecule has 0 bridgehead atoms. The summed E-state index contributed by atoms with van der Waals surface area (Å²) in [6, 6.07) is 15.5. The standard InChI is InChI=1S/C21H23N5O4/c22-19(23)15-8-6-14(7-9-15)13-24-18(27)12-17-21(29)26(10-11-30-17)25-20(28)16-4-2-1-3-5-16/h1-9,17H,10-13H2,(H3,22,23)(H,24,27)(H,25,28)/t17-/m1/s1. The van der Waals surface area contributed by atoms with Gasteiger partial charge in [-0.2, -0.15) is 0 Å². The topological polar surface area (TPSA) is 138 Å². The van der Waals surface area contributed by atoms with Gasteiger partial charge in [-0.05, 0) is 17.7 Å². The van der Waals surface area contributed by atoms with Crippen molar-refractivity contribution in [3.8, 4) is 0 Å². The molecule has 0 unspecified atom stereocenters. The largest absolute Gasteiger partial charge is 0.384 e. The van der Waals surface area contributed by atoms with Crippen molar-refractivity contribution in [1.29, 1.82) is 5.41 Å². The third kappa shape index (κ3) is 5.42. The molecule has 1 aliphatic heterocycles. The number of hydrogen-bond acceptors (Lipinski definition) is 5. The second-order valence-electron chi connectivity index (χ2n) is 6.75. The monoisotopic (exact) mass is 409 g/mol. The molecular weight excluding hydrogens is 386 g/mol. The number of hydrazine groups is 1. The Morgan fingerprint density at radius 1 is 1.10 bits per heavy atom. The van der Waals surface area contributed by atoms with E-state index in [2.05, 4.69) is 10.7 Å². The van der Waals surface area contributed by atoms with E-state index in [1.54, 1.807) is 54.6 Å². The second-order valence-corrected chi connectivity index (χ2v) is 6.75. The van der Waals surface area contributed by atoms with E-state index in [4.69, 9.17) is 15.9 Å². The Balaban J connectivity index is 1.50. The molecule has 0 spiro atoms. The predicted molar refractivity (Wildman–Crippen MR) is 109 cm³/mol. The Morgan fingerprint density at radius 2 is 1.80 bits per heavy atom. The second kappa shape index (κ2) is 9.66. The van der Waals surface area contributed by atoms with Crippen molar-refractivity contribution in [2.24, 2.45) is 5.73 Å². The highest BCUT2D eigenvalue weighted by Crippen LogP contribution is 2.10. The van der Waals surface area contributed by atoms with E-state index >= 15 is 0 Å². The van der Waals surface area contributed by atoms with Crippen LogP contribution < -0.4 is 16.5 Å². The minimum absolute atomic E-state index is 0.0255. The summed E-state index contributed by atoms with van der Waals surface area (Å²) >= 11 is 0. The van der Waals surface area contributed by atoms with Crippen LogP contribution in [0.5, 0.6) is 0 Å². The smallest absolute Gasteiger partial charge is 0.270 e. The van der Waals surface area contributed by atoms with Crippen LogP contribution in [0.1, 0.15) is 27.9 Å². The third-order valence-electron chi connectivity index (χ3n) is 4.57. The van der Waals surface area contributed by atoms with E-state index in [1.165, 1.54) is 5.01 Å². The number of ether oxygens (including phenoxy) is 1. The van der Waals surface area contributed by atoms with Crippen molar-refractivity contribution >= 4 is 23.6 Å². The molecule has 2 aromatic rings. The maximum Gasteiger partial charge on any atom is 0.270 e. The van der Waals surface area contributed by atoms with E-state index in [-0.39, 0.29) is 37.9 Å². The molecule has 3 amide bonds. The van der Waals surface area contributed by atoms with Crippen molar-refractivity contribution < 1.29 is 19.1 Å². The third-order valence-corrected chi connectivity index (χ3v) is 4.57. The summed E-state index contributed by atoms with van der Waals surface area (Å²) in [5.41, 5.74) is 9.85. The number of nitrogens with two attached hydrogens (primary N) is 1. The number of amidine groups is 1. The molecule has 9 nitrogen and oxygen atoms in total. The van der Waals surface area contributed by atoms with Crippen LogP contribution in [0.15, 0.2) is 54.6 Å². The number of amides is 3. The summed E-state index contributed by atoms with van der Waals surface area (Å²) < 4.78 is 5.43. The quantitative estimate of drug-likeness (QED) is 0.391. The molecule has 156 valence electrons. The molecule has 1 aliphatic rings. The van der Waals surface area contributed by atoms with Gasteiger partial charge in [0, 0.05) is 17.7 Å². The minimum atomic E-state index is -0.963. The van der Waals surface area contributed by atoms with Gasteiger partial charge in [0.25, 0.3) is 11.8 Å². The van der Waals surface area contributed by atoms with Crippen molar-refractivity contribution in [3.63, 3.8) is 0 Å². The van der Waals surface area contributed by atoms with Crippen molar-refractivity contribution in [2.75, 3.05) is 13.2 Å². The van der Waals surface area contributed by atoms with Crippen molar-refractivity contribution in [2.45, 2.75) is 19.1 Å². The summed E-state index contributed by atoms with van der Waals surface area (Å²) in [5.74, 6) is -1.24. The summed E-state index contributed by atoms with van der Waals surface area (Å²) in [6.45, 7) is 0.690. The first kappa shape index (κ1) is 21.0. The highest BCUT2D eigenvalue weighted by Gasteiger charge is 2.32. The number of morpholine rings is 1. The highest BCUT2D eigenvalue weighted by atomic mass is 16.5. The summed E-state index contributed by atoms with van der Waals surface area (Å²) in [4.78, 5) is 37.1. The van der Waals surface area contributed by atoms with E-state index < -0.39 is 17.9 Å². The number of nitrogens with one attached hydrogen (secondary N) is 3. The zero-order valence-corrected chi connectivity index (χ0v) is 16.3. The average Bonchev–Trinajstić information content (AvgIpc) is 2.76. The van der Waals surface area contributed by atoms with E-state index in [9.17, 15) is 14.4 Å². The predicted octanol–water partition coefficient (Wildman–Crippen LogP) is 0.549. The Morgan fingerprint density at radius 3 is 2.47 bits per heavy atom. The van der Waals surface area contributed by atoms with Gasteiger partial charge in [-0.1, -0.05) is 42.5 Å². The fourth-order valence-corrected chi connectivity index (χ4v) is 2.92. The van der Waals surface area contributed by atoms with Gasteiger partial charge in [0.2, 0.25) is 5.91 Å². The Hall–Kier alpha value is -3.72. The zero-order valence-electron chi connectivity index (χ0n) is 16.3. The number of nitrogens with zero attached hydrogens (tertiary/aromatic N) is 1. The molecule has 1 heterocycles. The minimum Gasteiger partial charge on any atom is -0.384 e. The van der Waals surface area contributed by atoms with Gasteiger partial charge in [0.05, 0.1) is 19.6 Å². The lowest BCUT2D eigenvalue weighted by molar-refractivity contribution is -0.158. The Labute approximate surface area is 173 Å². The number of rotatable bonds is 7. The van der Waals surface area contributed by atoms with E-state index in [1.807, 2.05) is 0 Å². The molecule has 0 saturated carbocycles. The first-order valence-electron chi connectivity index (χ1n) is 9.43. The Bertz CT molecular complexity index is 930. The first-order chi connectivity index (χ1) is 14.4. The van der Waals surface area contributed by atoms with Crippen LogP contribution in [0.4, 0.5) is 0 Å². The molecule has 1 atom stereocenters. The average molecular weight is 409 g/mol. The summed E-state index contributed by atoms with van der Waals surface area (Å²) in [5, 5.41) is 11.3. The van der Waals surface area contributed by atoms with Crippen LogP contribution in [0, 0.1) is 5.41 Å². The van der Waals surface area contributed by atoms with Gasteiger partial charge >= 0.3 is 0 Å². The molecule has 9 heteroatoms. The number of nitrogen functional groups attached to an aromatic ring is 1. The zero-order chi connectivity index (χ0) is 21.5. The number of benzene rings is 2. The molecule has 0 aromatic heterocycles. The molecule has 3 rings (SSSR count). The highest BCUT2D eigenvalue weighted by molar-refractivity contribution is 5.96. The van der Waals surface area contributed by atoms with Crippen molar-refractivity contribution in [3.05, 3.63) is 71.3 Å². The molecule has 1 fully saturated rings. The van der Waals surface area contributed by atoms with Gasteiger partial charge in [0.15, 0.2) is 0 Å². The molecule has 5 N–H and O–H groups in total. The molecule has 2 aromatic carbocycles.